The molecule has 92 valence electrons. The van der Waals surface area contributed by atoms with E-state index in [9.17, 15) is 0 Å². The molecule has 17 heavy (non-hydrogen) atoms. The van der Waals surface area contributed by atoms with Crippen molar-refractivity contribution in [3.8, 4) is 0 Å². The number of pyridine rings is 1. The van der Waals surface area contributed by atoms with Crippen LogP contribution in [0.2, 0.25) is 0 Å². The van der Waals surface area contributed by atoms with Gasteiger partial charge in [0.25, 0.3) is 0 Å². The van der Waals surface area contributed by atoms with Crippen molar-refractivity contribution in [1.82, 2.24) is 4.98 Å². The molecule has 2 aliphatic heterocycles. The molecule has 1 N–H and O–H groups in total. The van der Waals surface area contributed by atoms with Crippen LogP contribution in [-0.4, -0.2) is 36.4 Å². The number of ether oxygens (including phenoxy) is 1. The van der Waals surface area contributed by atoms with Crippen molar-refractivity contribution >= 4 is 5.82 Å². The minimum Gasteiger partial charge on any atom is -0.390 e. The van der Waals surface area contributed by atoms with Gasteiger partial charge in [0, 0.05) is 18.5 Å². The van der Waals surface area contributed by atoms with Gasteiger partial charge in [-0.05, 0) is 25.0 Å². The lowest BCUT2D eigenvalue weighted by atomic mass is 9.77. The Morgan fingerprint density at radius 2 is 2.06 bits per heavy atom. The summed E-state index contributed by atoms with van der Waals surface area (Å²) in [6.45, 7) is 3.98. The van der Waals surface area contributed by atoms with E-state index in [1.807, 2.05) is 18.2 Å². The lowest BCUT2D eigenvalue weighted by molar-refractivity contribution is -0.124. The van der Waals surface area contributed by atoms with Crippen LogP contribution in [0.3, 0.4) is 0 Å². The molecule has 2 aliphatic rings. The number of aliphatic hydroxyl groups excluding tert-OH is 1. The van der Waals surface area contributed by atoms with Crippen LogP contribution in [0.25, 0.3) is 0 Å². The van der Waals surface area contributed by atoms with Crippen molar-refractivity contribution in [2.24, 2.45) is 5.41 Å². The second-order valence-corrected chi connectivity index (χ2v) is 5.13. The van der Waals surface area contributed by atoms with Gasteiger partial charge in [-0.1, -0.05) is 6.07 Å². The quantitative estimate of drug-likeness (QED) is 0.835. The van der Waals surface area contributed by atoms with Crippen LogP contribution in [-0.2, 0) is 11.3 Å². The SMILES string of the molecule is OCc1cccc(N2CCC3(CC2)COC3)n1. The van der Waals surface area contributed by atoms with Crippen molar-refractivity contribution in [3.05, 3.63) is 23.9 Å². The largest absolute Gasteiger partial charge is 0.390 e. The van der Waals surface area contributed by atoms with E-state index in [2.05, 4.69) is 9.88 Å². The maximum absolute atomic E-state index is 9.09. The van der Waals surface area contributed by atoms with E-state index in [-0.39, 0.29) is 6.61 Å². The Kier molecular flexibility index (Phi) is 2.76. The first kappa shape index (κ1) is 11.0. The Labute approximate surface area is 101 Å². The number of anilines is 1. The second kappa shape index (κ2) is 4.27. The summed E-state index contributed by atoms with van der Waals surface area (Å²) in [7, 11) is 0. The van der Waals surface area contributed by atoms with Crippen LogP contribution in [0.15, 0.2) is 18.2 Å². The Morgan fingerprint density at radius 3 is 2.65 bits per heavy atom. The van der Waals surface area contributed by atoms with E-state index >= 15 is 0 Å². The molecule has 1 aromatic rings. The zero-order chi connectivity index (χ0) is 11.7. The summed E-state index contributed by atoms with van der Waals surface area (Å²) in [5.41, 5.74) is 1.21. The number of aromatic nitrogens is 1. The normalized spacial score (nSPS) is 22.5. The number of rotatable bonds is 2. The summed E-state index contributed by atoms with van der Waals surface area (Å²) >= 11 is 0. The fourth-order valence-electron chi connectivity index (χ4n) is 2.62. The molecule has 0 bridgehead atoms. The first-order valence-corrected chi connectivity index (χ1v) is 6.21. The maximum atomic E-state index is 9.09. The highest BCUT2D eigenvalue weighted by Gasteiger charge is 2.41. The molecule has 0 unspecified atom stereocenters. The van der Waals surface area contributed by atoms with E-state index < -0.39 is 0 Å². The van der Waals surface area contributed by atoms with Gasteiger partial charge in [0.05, 0.1) is 25.5 Å². The number of hydrogen-bond donors (Lipinski definition) is 1. The molecule has 3 rings (SSSR count). The van der Waals surface area contributed by atoms with E-state index in [1.54, 1.807) is 0 Å². The molecule has 0 aromatic carbocycles. The predicted octanol–water partition coefficient (Wildman–Crippen LogP) is 1.19. The molecule has 0 radical (unpaired) electrons. The predicted molar refractivity (Wildman–Crippen MR) is 64.9 cm³/mol. The lowest BCUT2D eigenvalue weighted by Gasteiger charge is -2.47. The van der Waals surface area contributed by atoms with Crippen molar-refractivity contribution in [3.63, 3.8) is 0 Å². The molecule has 4 nitrogen and oxygen atoms in total. The smallest absolute Gasteiger partial charge is 0.128 e. The van der Waals surface area contributed by atoms with Crippen LogP contribution < -0.4 is 4.90 Å². The highest BCUT2D eigenvalue weighted by molar-refractivity contribution is 5.40. The van der Waals surface area contributed by atoms with Gasteiger partial charge < -0.3 is 14.7 Å². The summed E-state index contributed by atoms with van der Waals surface area (Å²) in [6, 6.07) is 5.84. The van der Waals surface area contributed by atoms with Gasteiger partial charge in [0.15, 0.2) is 0 Å². The van der Waals surface area contributed by atoms with Gasteiger partial charge in [-0.25, -0.2) is 4.98 Å². The Bertz CT molecular complexity index is 394. The average molecular weight is 234 g/mol. The van der Waals surface area contributed by atoms with Crippen molar-refractivity contribution in [2.45, 2.75) is 19.4 Å². The van der Waals surface area contributed by atoms with Crippen LogP contribution in [0, 0.1) is 5.41 Å². The summed E-state index contributed by atoms with van der Waals surface area (Å²) < 4.78 is 5.33. The van der Waals surface area contributed by atoms with E-state index in [0.717, 1.165) is 37.8 Å². The molecule has 1 spiro atoms. The maximum Gasteiger partial charge on any atom is 0.128 e. The van der Waals surface area contributed by atoms with Crippen LogP contribution in [0.5, 0.6) is 0 Å². The molecule has 2 saturated heterocycles. The summed E-state index contributed by atoms with van der Waals surface area (Å²) in [5.74, 6) is 0.992. The van der Waals surface area contributed by atoms with Gasteiger partial charge in [-0.3, -0.25) is 0 Å². The number of nitrogens with zero attached hydrogens (tertiary/aromatic N) is 2. The standard InChI is InChI=1S/C13H18N2O2/c16-8-11-2-1-3-12(14-11)15-6-4-13(5-7-15)9-17-10-13/h1-3,16H,4-10H2. The highest BCUT2D eigenvalue weighted by Crippen LogP contribution is 2.39. The van der Waals surface area contributed by atoms with Crippen LogP contribution in [0.4, 0.5) is 5.82 Å². The highest BCUT2D eigenvalue weighted by atomic mass is 16.5. The minimum atomic E-state index is 0.0134. The molecule has 3 heterocycles. The molecular formula is C13H18N2O2. The summed E-state index contributed by atoms with van der Waals surface area (Å²) in [6.07, 6.45) is 2.38. The minimum absolute atomic E-state index is 0.0134. The Morgan fingerprint density at radius 1 is 1.29 bits per heavy atom. The van der Waals surface area contributed by atoms with Gasteiger partial charge >= 0.3 is 0 Å². The molecule has 0 saturated carbocycles. The van der Waals surface area contributed by atoms with E-state index in [0.29, 0.717) is 5.41 Å². The fraction of sp³-hybridized carbons (Fsp3) is 0.615. The van der Waals surface area contributed by atoms with Gasteiger partial charge in [0.1, 0.15) is 5.82 Å². The topological polar surface area (TPSA) is 45.6 Å². The van der Waals surface area contributed by atoms with E-state index in [4.69, 9.17) is 9.84 Å². The van der Waals surface area contributed by atoms with Crippen molar-refractivity contribution < 1.29 is 9.84 Å². The van der Waals surface area contributed by atoms with Gasteiger partial charge in [0.2, 0.25) is 0 Å². The molecule has 0 aliphatic carbocycles. The van der Waals surface area contributed by atoms with Gasteiger partial charge in [-0.15, -0.1) is 0 Å². The zero-order valence-electron chi connectivity index (χ0n) is 9.93. The third-order valence-electron chi connectivity index (χ3n) is 3.92. The number of hydrogen-bond acceptors (Lipinski definition) is 4. The van der Waals surface area contributed by atoms with Crippen LogP contribution >= 0.6 is 0 Å². The molecular weight excluding hydrogens is 216 g/mol. The summed E-state index contributed by atoms with van der Waals surface area (Å²) in [5, 5.41) is 9.09. The molecule has 1 aromatic heterocycles. The molecule has 2 fully saturated rings. The second-order valence-electron chi connectivity index (χ2n) is 5.13. The number of piperidine rings is 1. The van der Waals surface area contributed by atoms with Crippen LogP contribution in [0.1, 0.15) is 18.5 Å². The zero-order valence-corrected chi connectivity index (χ0v) is 9.93. The Hall–Kier alpha value is -1.13. The number of aliphatic hydroxyl groups is 1. The average Bonchev–Trinajstić information content (AvgIpc) is 2.37. The van der Waals surface area contributed by atoms with Crippen molar-refractivity contribution in [2.75, 3.05) is 31.2 Å². The molecule has 4 heteroatoms. The monoisotopic (exact) mass is 234 g/mol. The third-order valence-corrected chi connectivity index (χ3v) is 3.92. The molecule has 0 atom stereocenters. The van der Waals surface area contributed by atoms with Gasteiger partial charge in [-0.2, -0.15) is 0 Å². The van der Waals surface area contributed by atoms with Crippen molar-refractivity contribution in [1.29, 1.82) is 0 Å². The first-order chi connectivity index (χ1) is 8.31. The van der Waals surface area contributed by atoms with E-state index in [1.165, 1.54) is 12.8 Å². The first-order valence-electron chi connectivity index (χ1n) is 6.21. The molecule has 0 amide bonds. The summed E-state index contributed by atoms with van der Waals surface area (Å²) in [4.78, 5) is 6.76. The third kappa shape index (κ3) is 2.03. The fourth-order valence-corrected chi connectivity index (χ4v) is 2.62. The Balaban J connectivity index is 1.69. The lowest BCUT2D eigenvalue weighted by Crippen LogP contribution is -2.51.